The van der Waals surface area contributed by atoms with Gasteiger partial charge in [0.1, 0.15) is 5.69 Å². The second kappa shape index (κ2) is 3.82. The normalized spacial score (nSPS) is 15.4. The number of nitrogens with one attached hydrogen (secondary N) is 2. The fourth-order valence-electron chi connectivity index (χ4n) is 1.69. The summed E-state index contributed by atoms with van der Waals surface area (Å²) in [6.07, 6.45) is 2.39. The summed E-state index contributed by atoms with van der Waals surface area (Å²) in [6, 6.07) is 6.49. The lowest BCUT2D eigenvalue weighted by molar-refractivity contribution is -0.447. The molecule has 1 aromatic rings. The van der Waals surface area contributed by atoms with Gasteiger partial charge in [-0.1, -0.05) is 6.07 Å². The maximum Gasteiger partial charge on any atom is 0.247 e. The lowest BCUT2D eigenvalue weighted by atomic mass is 10.1. The minimum Gasteiger partial charge on any atom is -0.278 e. The fourth-order valence-corrected chi connectivity index (χ4v) is 1.69. The van der Waals surface area contributed by atoms with Crippen molar-refractivity contribution >= 4 is 11.5 Å². The molecule has 1 heterocycles. The predicted molar refractivity (Wildman–Crippen MR) is 59.6 cm³/mol. The Morgan fingerprint density at radius 3 is 2.71 bits per heavy atom. The third-order valence-electron chi connectivity index (χ3n) is 2.74. The number of aryl methyl sites for hydroxylation is 2. The van der Waals surface area contributed by atoms with Crippen molar-refractivity contribution in [1.29, 1.82) is 0 Å². The van der Waals surface area contributed by atoms with Crippen molar-refractivity contribution in [2.24, 2.45) is 0 Å². The molecule has 0 radical (unpaired) electrons. The van der Waals surface area contributed by atoms with Crippen LogP contribution >= 0.6 is 0 Å². The van der Waals surface area contributed by atoms with E-state index < -0.39 is 0 Å². The molecule has 0 bridgehead atoms. The maximum absolute atomic E-state index is 3.41. The number of amidine groups is 1. The molecule has 2 rings (SSSR count). The Morgan fingerprint density at radius 2 is 2.07 bits per heavy atom. The SMILES string of the molecule is Cc1ccc(NC2=[NH+]CCC2)cc1C. The first-order chi connectivity index (χ1) is 6.75. The quantitative estimate of drug-likeness (QED) is 0.677. The van der Waals surface area contributed by atoms with Crippen LogP contribution in [-0.2, 0) is 0 Å². The molecule has 0 unspecified atom stereocenters. The van der Waals surface area contributed by atoms with Gasteiger partial charge in [-0.2, -0.15) is 0 Å². The maximum atomic E-state index is 3.41. The Labute approximate surface area is 85.1 Å². The summed E-state index contributed by atoms with van der Waals surface area (Å²) in [5, 5.41) is 3.41. The van der Waals surface area contributed by atoms with Crippen LogP contribution in [-0.4, -0.2) is 12.4 Å². The molecule has 2 nitrogen and oxygen atoms in total. The zero-order valence-corrected chi connectivity index (χ0v) is 8.85. The molecule has 0 aliphatic carbocycles. The highest BCUT2D eigenvalue weighted by Crippen LogP contribution is 2.14. The summed E-state index contributed by atoms with van der Waals surface area (Å²) < 4.78 is 0. The van der Waals surface area contributed by atoms with Gasteiger partial charge in [-0.3, -0.25) is 4.99 Å². The average Bonchev–Trinajstić information content (AvgIpc) is 2.64. The Balaban J connectivity index is 2.13. The van der Waals surface area contributed by atoms with Crippen molar-refractivity contribution in [3.05, 3.63) is 29.3 Å². The van der Waals surface area contributed by atoms with Crippen molar-refractivity contribution in [2.45, 2.75) is 26.7 Å². The molecule has 0 aromatic heterocycles. The third kappa shape index (κ3) is 1.95. The van der Waals surface area contributed by atoms with Crippen molar-refractivity contribution in [2.75, 3.05) is 11.9 Å². The van der Waals surface area contributed by atoms with Gasteiger partial charge in [0.2, 0.25) is 5.84 Å². The van der Waals surface area contributed by atoms with Crippen molar-refractivity contribution in [1.82, 2.24) is 0 Å². The van der Waals surface area contributed by atoms with E-state index in [1.807, 2.05) is 0 Å². The van der Waals surface area contributed by atoms with Gasteiger partial charge in [0.25, 0.3) is 0 Å². The Morgan fingerprint density at radius 1 is 1.21 bits per heavy atom. The summed E-state index contributed by atoms with van der Waals surface area (Å²) in [5.41, 5.74) is 3.88. The van der Waals surface area contributed by atoms with Crippen LogP contribution in [0.4, 0.5) is 5.69 Å². The second-order valence-electron chi connectivity index (χ2n) is 3.93. The third-order valence-corrected chi connectivity index (χ3v) is 2.74. The minimum absolute atomic E-state index is 1.10. The van der Waals surface area contributed by atoms with E-state index in [-0.39, 0.29) is 0 Å². The highest BCUT2D eigenvalue weighted by atomic mass is 15.0. The zero-order valence-electron chi connectivity index (χ0n) is 8.85. The monoisotopic (exact) mass is 189 g/mol. The molecular formula is C12H17N2+. The lowest BCUT2D eigenvalue weighted by Crippen LogP contribution is -2.70. The smallest absolute Gasteiger partial charge is 0.247 e. The van der Waals surface area contributed by atoms with Gasteiger partial charge >= 0.3 is 0 Å². The van der Waals surface area contributed by atoms with Crippen LogP contribution in [0.1, 0.15) is 24.0 Å². The molecule has 0 atom stereocenters. The summed E-state index contributed by atoms with van der Waals surface area (Å²) >= 11 is 0. The molecule has 0 saturated heterocycles. The van der Waals surface area contributed by atoms with E-state index >= 15 is 0 Å². The van der Waals surface area contributed by atoms with Gasteiger partial charge < -0.3 is 0 Å². The van der Waals surface area contributed by atoms with Crippen LogP contribution in [0.3, 0.4) is 0 Å². The van der Waals surface area contributed by atoms with Crippen molar-refractivity contribution < 1.29 is 4.99 Å². The second-order valence-corrected chi connectivity index (χ2v) is 3.93. The van der Waals surface area contributed by atoms with E-state index in [9.17, 15) is 0 Å². The topological polar surface area (TPSA) is 26.0 Å². The summed E-state index contributed by atoms with van der Waals surface area (Å²) in [7, 11) is 0. The lowest BCUT2D eigenvalue weighted by Gasteiger charge is -2.02. The van der Waals surface area contributed by atoms with Gasteiger partial charge in [0, 0.05) is 0 Å². The van der Waals surface area contributed by atoms with Gasteiger partial charge in [-0.05, 0) is 43.5 Å². The molecule has 0 saturated carbocycles. The molecule has 1 aliphatic heterocycles. The molecule has 1 aromatic carbocycles. The molecule has 0 spiro atoms. The summed E-state index contributed by atoms with van der Waals surface area (Å²) in [4.78, 5) is 3.34. The first-order valence-corrected chi connectivity index (χ1v) is 5.20. The number of hydrogen-bond acceptors (Lipinski definition) is 1. The molecule has 1 aliphatic rings. The standard InChI is InChI=1S/C12H16N2/c1-9-5-6-11(8-10(9)2)14-12-4-3-7-13-12/h5-6,8H,3-4,7H2,1-2H3,(H,13,14)/p+1. The number of benzene rings is 1. The Bertz CT molecular complexity index is 367. The van der Waals surface area contributed by atoms with Crippen molar-refractivity contribution in [3.63, 3.8) is 0 Å². The molecular weight excluding hydrogens is 172 g/mol. The van der Waals surface area contributed by atoms with Crippen LogP contribution < -0.4 is 10.3 Å². The van der Waals surface area contributed by atoms with Gasteiger partial charge in [-0.15, -0.1) is 0 Å². The first-order valence-electron chi connectivity index (χ1n) is 5.20. The Kier molecular flexibility index (Phi) is 2.53. The highest BCUT2D eigenvalue weighted by molar-refractivity contribution is 5.91. The van der Waals surface area contributed by atoms with E-state index in [1.165, 1.54) is 29.1 Å². The Hall–Kier alpha value is -1.31. The molecule has 14 heavy (non-hydrogen) atoms. The summed E-state index contributed by atoms with van der Waals surface area (Å²) in [6.45, 7) is 5.39. The molecule has 2 heteroatoms. The number of anilines is 1. The van der Waals surface area contributed by atoms with Gasteiger partial charge in [-0.25, -0.2) is 5.32 Å². The fraction of sp³-hybridized carbons (Fsp3) is 0.417. The van der Waals surface area contributed by atoms with Crippen LogP contribution in [0, 0.1) is 13.8 Å². The van der Waals surface area contributed by atoms with Crippen LogP contribution in [0.15, 0.2) is 18.2 Å². The average molecular weight is 189 g/mol. The molecule has 0 amide bonds. The predicted octanol–water partition coefficient (Wildman–Crippen LogP) is 0.988. The molecule has 0 fully saturated rings. The van der Waals surface area contributed by atoms with Crippen LogP contribution in [0.2, 0.25) is 0 Å². The molecule has 2 N–H and O–H groups in total. The van der Waals surface area contributed by atoms with Crippen LogP contribution in [0.5, 0.6) is 0 Å². The number of hydrogen-bond donors (Lipinski definition) is 2. The van der Waals surface area contributed by atoms with Crippen molar-refractivity contribution in [3.8, 4) is 0 Å². The van der Waals surface area contributed by atoms with E-state index in [0.29, 0.717) is 0 Å². The van der Waals surface area contributed by atoms with Gasteiger partial charge in [0.05, 0.1) is 13.0 Å². The first kappa shape index (κ1) is 9.25. The largest absolute Gasteiger partial charge is 0.278 e. The van der Waals surface area contributed by atoms with E-state index in [4.69, 9.17) is 0 Å². The highest BCUT2D eigenvalue weighted by Gasteiger charge is 2.12. The molecule has 74 valence electrons. The minimum atomic E-state index is 1.10. The van der Waals surface area contributed by atoms with Crippen LogP contribution in [0.25, 0.3) is 0 Å². The summed E-state index contributed by atoms with van der Waals surface area (Å²) in [5.74, 6) is 1.26. The zero-order chi connectivity index (χ0) is 9.97. The van der Waals surface area contributed by atoms with E-state index in [0.717, 1.165) is 13.0 Å². The van der Waals surface area contributed by atoms with E-state index in [1.54, 1.807) is 0 Å². The van der Waals surface area contributed by atoms with E-state index in [2.05, 4.69) is 42.4 Å². The van der Waals surface area contributed by atoms with Gasteiger partial charge in [0.15, 0.2) is 0 Å². The number of rotatable bonds is 1.